The summed E-state index contributed by atoms with van der Waals surface area (Å²) in [6.45, 7) is 3.85. The lowest BCUT2D eigenvalue weighted by molar-refractivity contribution is 0.102. The van der Waals surface area contributed by atoms with Crippen LogP contribution in [0.5, 0.6) is 0 Å². The zero-order chi connectivity index (χ0) is 21.6. The maximum atomic E-state index is 12.3. The topological polar surface area (TPSA) is 91.8 Å². The number of hydrogen-bond acceptors (Lipinski definition) is 6. The minimum Gasteiger partial charge on any atom is -0.340 e. The summed E-state index contributed by atoms with van der Waals surface area (Å²) in [7, 11) is 0. The summed E-state index contributed by atoms with van der Waals surface area (Å²) >= 11 is 0. The van der Waals surface area contributed by atoms with Gasteiger partial charge in [-0.3, -0.25) is 4.79 Å². The highest BCUT2D eigenvalue weighted by Gasteiger charge is 2.07. The van der Waals surface area contributed by atoms with Crippen LogP contribution in [-0.2, 0) is 0 Å². The molecule has 0 aliphatic heterocycles. The van der Waals surface area contributed by atoms with Crippen molar-refractivity contribution >= 4 is 34.7 Å². The highest BCUT2D eigenvalue weighted by Crippen LogP contribution is 2.21. The highest BCUT2D eigenvalue weighted by atomic mass is 16.1. The molecule has 0 radical (unpaired) electrons. The summed E-state index contributed by atoms with van der Waals surface area (Å²) in [6.07, 6.45) is 1.75. The van der Waals surface area contributed by atoms with E-state index in [1.807, 2.05) is 74.5 Å². The van der Waals surface area contributed by atoms with E-state index in [-0.39, 0.29) is 5.91 Å². The average Bonchev–Trinajstić information content (AvgIpc) is 2.75. The number of aryl methyl sites for hydroxylation is 2. The van der Waals surface area contributed by atoms with Gasteiger partial charge in [0, 0.05) is 29.2 Å². The fourth-order valence-corrected chi connectivity index (χ4v) is 3.01. The first kappa shape index (κ1) is 20.0. The molecule has 0 bridgehead atoms. The SMILES string of the molecule is Cc1ccnc(Nc2cc(Nc3ccc(NC(=O)c4ccccc4)cc3)nc(C)n2)c1. The first-order valence-corrected chi connectivity index (χ1v) is 9.84. The molecule has 3 N–H and O–H groups in total. The van der Waals surface area contributed by atoms with Crippen molar-refractivity contribution in [2.24, 2.45) is 0 Å². The number of benzene rings is 2. The van der Waals surface area contributed by atoms with E-state index in [9.17, 15) is 4.79 Å². The molecule has 4 aromatic rings. The first-order valence-electron chi connectivity index (χ1n) is 9.84. The predicted molar refractivity (Wildman–Crippen MR) is 123 cm³/mol. The lowest BCUT2D eigenvalue weighted by Crippen LogP contribution is -2.11. The number of nitrogens with one attached hydrogen (secondary N) is 3. The summed E-state index contributed by atoms with van der Waals surface area (Å²) in [5.41, 5.74) is 3.28. The van der Waals surface area contributed by atoms with E-state index in [4.69, 9.17) is 0 Å². The number of nitrogens with zero attached hydrogens (tertiary/aromatic N) is 3. The van der Waals surface area contributed by atoms with Crippen molar-refractivity contribution in [3.8, 4) is 0 Å². The van der Waals surface area contributed by atoms with Crippen molar-refractivity contribution < 1.29 is 4.79 Å². The fourth-order valence-electron chi connectivity index (χ4n) is 3.01. The van der Waals surface area contributed by atoms with Gasteiger partial charge >= 0.3 is 0 Å². The molecule has 7 heteroatoms. The van der Waals surface area contributed by atoms with E-state index >= 15 is 0 Å². The lowest BCUT2D eigenvalue weighted by Gasteiger charge is -2.11. The normalized spacial score (nSPS) is 10.4. The van der Waals surface area contributed by atoms with Crippen LogP contribution in [0.15, 0.2) is 79.0 Å². The molecule has 0 aliphatic rings. The molecule has 0 aliphatic carbocycles. The second kappa shape index (κ2) is 9.04. The Morgan fingerprint density at radius 3 is 2.13 bits per heavy atom. The van der Waals surface area contributed by atoms with Crippen LogP contribution in [0.4, 0.5) is 28.8 Å². The van der Waals surface area contributed by atoms with Gasteiger partial charge in [-0.25, -0.2) is 15.0 Å². The largest absolute Gasteiger partial charge is 0.340 e. The van der Waals surface area contributed by atoms with Crippen molar-refractivity contribution in [3.63, 3.8) is 0 Å². The maximum absolute atomic E-state index is 12.3. The molecule has 0 spiro atoms. The molecule has 1 amide bonds. The molecule has 31 heavy (non-hydrogen) atoms. The molecule has 4 rings (SSSR count). The molecule has 2 heterocycles. The van der Waals surface area contributed by atoms with Crippen LogP contribution in [0.3, 0.4) is 0 Å². The Labute approximate surface area is 180 Å². The van der Waals surface area contributed by atoms with Gasteiger partial charge in [-0.1, -0.05) is 18.2 Å². The Kier molecular flexibility index (Phi) is 5.84. The van der Waals surface area contributed by atoms with Crippen molar-refractivity contribution in [1.29, 1.82) is 0 Å². The van der Waals surface area contributed by atoms with Crippen LogP contribution in [-0.4, -0.2) is 20.9 Å². The molecule has 0 saturated carbocycles. The van der Waals surface area contributed by atoms with Crippen molar-refractivity contribution in [1.82, 2.24) is 15.0 Å². The van der Waals surface area contributed by atoms with E-state index in [0.29, 0.717) is 28.7 Å². The van der Waals surface area contributed by atoms with Crippen LogP contribution in [0.25, 0.3) is 0 Å². The van der Waals surface area contributed by atoms with Gasteiger partial charge in [-0.05, 0) is 67.9 Å². The van der Waals surface area contributed by atoms with Gasteiger partial charge in [0.25, 0.3) is 5.91 Å². The van der Waals surface area contributed by atoms with Crippen molar-refractivity contribution in [2.45, 2.75) is 13.8 Å². The van der Waals surface area contributed by atoms with Crippen molar-refractivity contribution in [2.75, 3.05) is 16.0 Å². The third kappa shape index (κ3) is 5.42. The fraction of sp³-hybridized carbons (Fsp3) is 0.0833. The first-order chi connectivity index (χ1) is 15.0. The van der Waals surface area contributed by atoms with E-state index in [1.165, 1.54) is 0 Å². The number of hydrogen-bond donors (Lipinski definition) is 3. The molecule has 0 fully saturated rings. The maximum Gasteiger partial charge on any atom is 0.255 e. The monoisotopic (exact) mass is 410 g/mol. The number of rotatable bonds is 6. The van der Waals surface area contributed by atoms with Gasteiger partial charge in [0.15, 0.2) is 0 Å². The van der Waals surface area contributed by atoms with E-state index in [2.05, 4.69) is 30.9 Å². The zero-order valence-electron chi connectivity index (χ0n) is 17.3. The summed E-state index contributed by atoms with van der Waals surface area (Å²) in [5.74, 6) is 2.52. The number of amides is 1. The van der Waals surface area contributed by atoms with Crippen LogP contribution in [0.2, 0.25) is 0 Å². The van der Waals surface area contributed by atoms with E-state index < -0.39 is 0 Å². The lowest BCUT2D eigenvalue weighted by atomic mass is 10.2. The smallest absolute Gasteiger partial charge is 0.255 e. The van der Waals surface area contributed by atoms with Crippen LogP contribution in [0.1, 0.15) is 21.7 Å². The Hall–Kier alpha value is -4.26. The third-order valence-corrected chi connectivity index (χ3v) is 4.46. The number of anilines is 5. The molecule has 2 aromatic heterocycles. The molecular weight excluding hydrogens is 388 g/mol. The quantitative estimate of drug-likeness (QED) is 0.403. The van der Waals surface area contributed by atoms with Crippen LogP contribution in [0, 0.1) is 13.8 Å². The second-order valence-electron chi connectivity index (χ2n) is 7.05. The van der Waals surface area contributed by atoms with E-state index in [0.717, 1.165) is 17.1 Å². The molecule has 7 nitrogen and oxygen atoms in total. The molecule has 0 saturated heterocycles. The van der Waals surface area contributed by atoms with Gasteiger partial charge in [0.05, 0.1) is 0 Å². The van der Waals surface area contributed by atoms with Gasteiger partial charge < -0.3 is 16.0 Å². The zero-order valence-corrected chi connectivity index (χ0v) is 17.3. The molecule has 2 aromatic carbocycles. The Balaban J connectivity index is 1.44. The molecule has 0 atom stereocenters. The van der Waals surface area contributed by atoms with Crippen LogP contribution < -0.4 is 16.0 Å². The molecule has 0 unspecified atom stereocenters. The average molecular weight is 410 g/mol. The summed E-state index contributed by atoms with van der Waals surface area (Å²) in [5, 5.41) is 9.37. The number of aromatic nitrogens is 3. The Morgan fingerprint density at radius 1 is 0.742 bits per heavy atom. The Morgan fingerprint density at radius 2 is 1.42 bits per heavy atom. The van der Waals surface area contributed by atoms with Crippen molar-refractivity contribution in [3.05, 3.63) is 95.9 Å². The highest BCUT2D eigenvalue weighted by molar-refractivity contribution is 6.04. The van der Waals surface area contributed by atoms with Gasteiger partial charge in [-0.2, -0.15) is 0 Å². The minimum atomic E-state index is -0.145. The molecular formula is C24H22N6O. The van der Waals surface area contributed by atoms with Gasteiger partial charge in [0.2, 0.25) is 0 Å². The standard InChI is InChI=1S/C24H22N6O/c1-16-12-13-25-21(14-16)30-23-15-22(26-17(2)27-23)28-19-8-10-20(11-9-19)29-24(31)18-6-4-3-5-7-18/h3-15H,1-2H3,(H,29,31)(H2,25,26,27,28,30). The third-order valence-electron chi connectivity index (χ3n) is 4.46. The van der Waals surface area contributed by atoms with Crippen LogP contribution >= 0.6 is 0 Å². The Bertz CT molecular complexity index is 1190. The summed E-state index contributed by atoms with van der Waals surface area (Å²) < 4.78 is 0. The number of pyridine rings is 1. The predicted octanol–water partition coefficient (Wildman–Crippen LogP) is 5.23. The molecule has 154 valence electrons. The minimum absolute atomic E-state index is 0.145. The number of carbonyl (C=O) groups excluding carboxylic acids is 1. The summed E-state index contributed by atoms with van der Waals surface area (Å²) in [4.78, 5) is 25.5. The van der Waals surface area contributed by atoms with Gasteiger partial charge in [0.1, 0.15) is 23.3 Å². The number of carbonyl (C=O) groups is 1. The second-order valence-corrected chi connectivity index (χ2v) is 7.05. The summed E-state index contributed by atoms with van der Waals surface area (Å²) in [6, 6.07) is 22.3. The van der Waals surface area contributed by atoms with Gasteiger partial charge in [-0.15, -0.1) is 0 Å². The van der Waals surface area contributed by atoms with E-state index in [1.54, 1.807) is 18.3 Å².